The number of aliphatic hydroxyl groups excluding tert-OH is 1. The monoisotopic (exact) mass is 504 g/mol. The van der Waals surface area contributed by atoms with Gasteiger partial charge >= 0.3 is 5.97 Å². The first-order chi connectivity index (χ1) is 15.7. The lowest BCUT2D eigenvalue weighted by atomic mass is 10.1. The first-order valence-corrected chi connectivity index (χ1v) is 13.0. The largest absolute Gasteiger partial charge is 0.480 e. The van der Waals surface area contributed by atoms with Crippen molar-refractivity contribution in [3.05, 3.63) is 18.2 Å². The van der Waals surface area contributed by atoms with Gasteiger partial charge in [-0.15, -0.1) is 0 Å². The average molecular weight is 505 g/mol. The molecule has 12 nitrogen and oxygen atoms in total. The summed E-state index contributed by atoms with van der Waals surface area (Å²) >= 11 is 2.94. The van der Waals surface area contributed by atoms with Crippen LogP contribution in [-0.2, 0) is 25.6 Å². The molecule has 1 aromatic heterocycles. The lowest BCUT2D eigenvalue weighted by Crippen LogP contribution is -2.57. The molecule has 0 radical (unpaired) electrons. The van der Waals surface area contributed by atoms with E-state index in [0.29, 0.717) is 23.6 Å². The van der Waals surface area contributed by atoms with Crippen LogP contribution in [0.4, 0.5) is 0 Å². The normalized spacial score (nSPS) is 14.5. The van der Waals surface area contributed by atoms with Crippen LogP contribution >= 0.6 is 23.5 Å². The first-order valence-electron chi connectivity index (χ1n) is 10.2. The van der Waals surface area contributed by atoms with Gasteiger partial charge in [-0.05, 0) is 36.9 Å². The number of H-pyrrole nitrogens is 1. The van der Waals surface area contributed by atoms with Crippen LogP contribution in [0.3, 0.4) is 0 Å². The summed E-state index contributed by atoms with van der Waals surface area (Å²) in [4.78, 5) is 55.9. The number of hydrogen-bond donors (Lipinski definition) is 7. The number of carboxylic acids is 1. The van der Waals surface area contributed by atoms with Gasteiger partial charge in [-0.25, -0.2) is 9.78 Å². The number of rotatable bonds is 16. The van der Waals surface area contributed by atoms with Crippen molar-refractivity contribution in [3.63, 3.8) is 0 Å². The number of imidazole rings is 1. The number of nitrogens with zero attached hydrogens (tertiary/aromatic N) is 1. The molecular weight excluding hydrogens is 472 g/mol. The summed E-state index contributed by atoms with van der Waals surface area (Å²) in [6.45, 7) is -0.787. The molecule has 0 saturated carbocycles. The molecule has 0 aliphatic carbocycles. The Morgan fingerprint density at radius 2 is 1.52 bits per heavy atom. The van der Waals surface area contributed by atoms with E-state index >= 15 is 0 Å². The van der Waals surface area contributed by atoms with Crippen molar-refractivity contribution in [2.75, 3.05) is 30.6 Å². The lowest BCUT2D eigenvalue weighted by Gasteiger charge is -2.25. The summed E-state index contributed by atoms with van der Waals surface area (Å²) < 4.78 is 0. The second-order valence-corrected chi connectivity index (χ2v) is 9.13. The van der Waals surface area contributed by atoms with E-state index in [2.05, 4.69) is 25.9 Å². The van der Waals surface area contributed by atoms with Gasteiger partial charge in [0.2, 0.25) is 17.7 Å². The van der Waals surface area contributed by atoms with Gasteiger partial charge in [0.05, 0.1) is 19.0 Å². The Morgan fingerprint density at radius 1 is 1.00 bits per heavy atom. The van der Waals surface area contributed by atoms with Crippen molar-refractivity contribution < 1.29 is 29.4 Å². The Hall–Kier alpha value is -2.29. The third kappa shape index (κ3) is 10.5. The molecule has 0 bridgehead atoms. The number of nitrogens with two attached hydrogens (primary N) is 1. The number of aliphatic hydroxyl groups is 1. The smallest absolute Gasteiger partial charge is 0.328 e. The number of carboxylic acid groups (broad SMARTS) is 1. The molecule has 3 amide bonds. The van der Waals surface area contributed by atoms with Gasteiger partial charge in [0.15, 0.2) is 0 Å². The maximum Gasteiger partial charge on any atom is 0.328 e. The van der Waals surface area contributed by atoms with E-state index in [1.165, 1.54) is 29.9 Å². The molecule has 4 atom stereocenters. The van der Waals surface area contributed by atoms with Crippen LogP contribution in [0, 0.1) is 0 Å². The zero-order valence-corrected chi connectivity index (χ0v) is 20.2. The zero-order valence-electron chi connectivity index (χ0n) is 18.6. The molecule has 4 unspecified atom stereocenters. The molecule has 0 aliphatic rings. The maximum atomic E-state index is 12.9. The van der Waals surface area contributed by atoms with E-state index < -0.39 is 54.5 Å². The van der Waals surface area contributed by atoms with Crippen LogP contribution in [0.1, 0.15) is 18.5 Å². The van der Waals surface area contributed by atoms with Gasteiger partial charge in [0.25, 0.3) is 0 Å². The second-order valence-electron chi connectivity index (χ2n) is 7.15. The SMILES string of the molecule is CSCCC(NC(=O)C(N)Cc1cnc[nH]1)C(=O)NC(CCSC)C(=O)NC(CO)C(=O)O. The number of hydrogen-bond acceptors (Lipinski definition) is 9. The summed E-state index contributed by atoms with van der Waals surface area (Å²) in [5, 5.41) is 25.7. The van der Waals surface area contributed by atoms with E-state index in [9.17, 15) is 19.2 Å². The van der Waals surface area contributed by atoms with Crippen LogP contribution in [0.25, 0.3) is 0 Å². The third-order valence-corrected chi connectivity index (χ3v) is 5.90. The molecule has 33 heavy (non-hydrogen) atoms. The second kappa shape index (κ2) is 15.5. The lowest BCUT2D eigenvalue weighted by molar-refractivity contribution is -0.143. The Labute approximate surface area is 200 Å². The minimum absolute atomic E-state index is 0.208. The number of thioether (sulfide) groups is 2. The highest BCUT2D eigenvalue weighted by Gasteiger charge is 2.30. The van der Waals surface area contributed by atoms with Crippen LogP contribution in [0.15, 0.2) is 12.5 Å². The minimum Gasteiger partial charge on any atom is -0.480 e. The van der Waals surface area contributed by atoms with E-state index in [-0.39, 0.29) is 12.8 Å². The highest BCUT2D eigenvalue weighted by molar-refractivity contribution is 7.98. The molecule has 1 heterocycles. The number of carbonyl (C=O) groups excluding carboxylic acids is 3. The summed E-state index contributed by atoms with van der Waals surface area (Å²) in [6.07, 6.45) is 7.46. The summed E-state index contributed by atoms with van der Waals surface area (Å²) in [6, 6.07) is -4.37. The number of aromatic nitrogens is 2. The molecule has 0 aliphatic heterocycles. The van der Waals surface area contributed by atoms with Crippen molar-refractivity contribution in [2.24, 2.45) is 5.73 Å². The molecule has 1 rings (SSSR count). The minimum atomic E-state index is -1.49. The van der Waals surface area contributed by atoms with Crippen LogP contribution < -0.4 is 21.7 Å². The van der Waals surface area contributed by atoms with Crippen molar-refractivity contribution in [2.45, 2.75) is 43.4 Å². The van der Waals surface area contributed by atoms with Gasteiger partial charge in [-0.2, -0.15) is 23.5 Å². The first kappa shape index (κ1) is 28.7. The topological polar surface area (TPSA) is 200 Å². The van der Waals surface area contributed by atoms with Crippen LogP contribution in [0.2, 0.25) is 0 Å². The van der Waals surface area contributed by atoms with Gasteiger partial charge in [0, 0.05) is 18.3 Å². The Kier molecular flexibility index (Phi) is 13.5. The number of amides is 3. The number of nitrogens with one attached hydrogen (secondary N) is 4. The quantitative estimate of drug-likeness (QED) is 0.136. The molecule has 14 heteroatoms. The molecule has 0 saturated heterocycles. The third-order valence-electron chi connectivity index (χ3n) is 4.62. The summed E-state index contributed by atoms with van der Waals surface area (Å²) in [5.41, 5.74) is 6.63. The molecule has 1 aromatic rings. The fourth-order valence-corrected chi connectivity index (χ4v) is 3.69. The van der Waals surface area contributed by atoms with E-state index in [1.54, 1.807) is 6.20 Å². The molecule has 186 valence electrons. The fourth-order valence-electron chi connectivity index (χ4n) is 2.74. The van der Waals surface area contributed by atoms with Gasteiger partial charge in [-0.3, -0.25) is 14.4 Å². The Morgan fingerprint density at radius 3 is 1.94 bits per heavy atom. The standard InChI is InChI=1S/C19H32N6O6S2/c1-32-5-3-13(23-16(27)12(20)7-11-8-21-10-22-11)17(28)24-14(4-6-33-2)18(29)25-15(9-26)19(30)31/h8,10,12-15,26H,3-7,9,20H2,1-2H3,(H,21,22)(H,23,27)(H,24,28)(H,25,29)(H,30,31). The number of carbonyl (C=O) groups is 4. The molecule has 0 spiro atoms. The predicted molar refractivity (Wildman–Crippen MR) is 127 cm³/mol. The summed E-state index contributed by atoms with van der Waals surface area (Å²) in [5.74, 6) is -2.14. The zero-order chi connectivity index (χ0) is 24.8. The van der Waals surface area contributed by atoms with Crippen LogP contribution in [-0.4, -0.2) is 98.7 Å². The highest BCUT2D eigenvalue weighted by Crippen LogP contribution is 2.06. The van der Waals surface area contributed by atoms with E-state index in [0.717, 1.165) is 0 Å². The van der Waals surface area contributed by atoms with Crippen molar-refractivity contribution in [1.82, 2.24) is 25.9 Å². The highest BCUT2D eigenvalue weighted by atomic mass is 32.2. The molecular formula is C19H32N6O6S2. The molecule has 0 aromatic carbocycles. The van der Waals surface area contributed by atoms with Crippen molar-refractivity contribution >= 4 is 47.2 Å². The number of aromatic amines is 1. The molecule has 8 N–H and O–H groups in total. The fraction of sp³-hybridized carbons (Fsp3) is 0.632. The molecule has 0 fully saturated rings. The van der Waals surface area contributed by atoms with Crippen molar-refractivity contribution in [1.29, 1.82) is 0 Å². The van der Waals surface area contributed by atoms with Crippen LogP contribution in [0.5, 0.6) is 0 Å². The van der Waals surface area contributed by atoms with Gasteiger partial charge in [0.1, 0.15) is 18.1 Å². The average Bonchev–Trinajstić information content (AvgIpc) is 3.29. The number of aliphatic carboxylic acids is 1. The maximum absolute atomic E-state index is 12.9. The van der Waals surface area contributed by atoms with Crippen molar-refractivity contribution in [3.8, 4) is 0 Å². The van der Waals surface area contributed by atoms with E-state index in [1.807, 2.05) is 12.5 Å². The van der Waals surface area contributed by atoms with Gasteiger partial charge in [-0.1, -0.05) is 0 Å². The summed E-state index contributed by atoms with van der Waals surface area (Å²) in [7, 11) is 0. The van der Waals surface area contributed by atoms with E-state index in [4.69, 9.17) is 15.9 Å². The van der Waals surface area contributed by atoms with Gasteiger partial charge < -0.3 is 36.9 Å². The Balaban J connectivity index is 2.86. The predicted octanol–water partition coefficient (Wildman–Crippen LogP) is -1.68. The Bertz CT molecular complexity index is 766.